The zero-order valence-electron chi connectivity index (χ0n) is 6.01. The first-order valence-electron chi connectivity index (χ1n) is 2.90. The summed E-state index contributed by atoms with van der Waals surface area (Å²) in [5, 5.41) is 10.1. The fraction of sp³-hybridized carbons (Fsp3) is 0.200. The van der Waals surface area contributed by atoms with Gasteiger partial charge in [0.2, 0.25) is 0 Å². The van der Waals surface area contributed by atoms with Gasteiger partial charge in [0, 0.05) is 6.92 Å². The van der Waals surface area contributed by atoms with Crippen LogP contribution < -0.4 is 5.63 Å². The molecule has 0 N–H and O–H groups in total. The number of carbonyl (C=O) groups excluding carboxylic acids is 1. The Bertz CT molecular complexity index is 387. The summed E-state index contributed by atoms with van der Waals surface area (Å²) in [4.78, 5) is 30.3. The van der Waals surface area contributed by atoms with Crippen LogP contribution >= 0.6 is 0 Å². The summed E-state index contributed by atoms with van der Waals surface area (Å²) in [6.45, 7) is 1.12. The first-order valence-corrected chi connectivity index (χ1v) is 2.90. The number of rotatable bonds is 1. The molecule has 1 rings (SSSR count). The van der Waals surface area contributed by atoms with Crippen LogP contribution in [0.3, 0.4) is 0 Å². The number of carbonyl (C=O) groups is 1. The lowest BCUT2D eigenvalue weighted by Gasteiger charge is -1.85. The molecule has 0 aliphatic carbocycles. The van der Waals surface area contributed by atoms with Gasteiger partial charge in [0.15, 0.2) is 0 Å². The molecular formula is C5H4N2O5. The summed E-state index contributed by atoms with van der Waals surface area (Å²) in [6, 6.07) is 0. The van der Waals surface area contributed by atoms with Crippen LogP contribution in [-0.2, 0) is 0 Å². The average molecular weight is 172 g/mol. The van der Waals surface area contributed by atoms with E-state index in [1.54, 1.807) is 0 Å². The molecule has 0 saturated heterocycles. The second kappa shape index (κ2) is 2.61. The lowest BCUT2D eigenvalue weighted by molar-refractivity contribution is -0.386. The summed E-state index contributed by atoms with van der Waals surface area (Å²) in [5.74, 6) is -0.597. The van der Waals surface area contributed by atoms with Gasteiger partial charge in [-0.3, -0.25) is 14.9 Å². The van der Waals surface area contributed by atoms with Crippen molar-refractivity contribution >= 4 is 11.6 Å². The molecule has 0 spiro atoms. The van der Waals surface area contributed by atoms with E-state index in [-0.39, 0.29) is 0 Å². The van der Waals surface area contributed by atoms with Crippen molar-refractivity contribution in [1.29, 1.82) is 0 Å². The SMILES string of the molecule is CC(=O)n1cc([N+](=O)[O-])c(=O)o1. The number of hydrogen-bond donors (Lipinski definition) is 0. The number of hydrogen-bond acceptors (Lipinski definition) is 5. The van der Waals surface area contributed by atoms with Crippen LogP contribution in [0, 0.1) is 10.1 Å². The monoisotopic (exact) mass is 172 g/mol. The Balaban J connectivity index is 3.27. The minimum Gasteiger partial charge on any atom is -0.322 e. The molecule has 1 heterocycles. The Morgan fingerprint density at radius 1 is 1.75 bits per heavy atom. The third-order valence-electron chi connectivity index (χ3n) is 1.14. The van der Waals surface area contributed by atoms with Gasteiger partial charge in [0.25, 0.3) is 5.91 Å². The smallest absolute Gasteiger partial charge is 0.322 e. The molecule has 1 aromatic rings. The molecule has 7 heteroatoms. The standard InChI is InChI=1S/C5H4N2O5/c1-3(8)6-2-4(7(10)11)5(9)12-6/h2H,1H3. The van der Waals surface area contributed by atoms with Crippen LogP contribution in [0.2, 0.25) is 0 Å². The van der Waals surface area contributed by atoms with Gasteiger partial charge in [-0.15, -0.1) is 4.74 Å². The highest BCUT2D eigenvalue weighted by Crippen LogP contribution is 2.02. The fourth-order valence-electron chi connectivity index (χ4n) is 0.603. The summed E-state index contributed by atoms with van der Waals surface area (Å²) < 4.78 is 4.72. The van der Waals surface area contributed by atoms with Crippen molar-refractivity contribution in [2.75, 3.05) is 0 Å². The van der Waals surface area contributed by atoms with Crippen LogP contribution in [0.25, 0.3) is 0 Å². The molecule has 0 amide bonds. The summed E-state index contributed by atoms with van der Waals surface area (Å²) in [7, 11) is 0. The molecule has 0 atom stereocenters. The molecule has 0 aliphatic heterocycles. The minimum absolute atomic E-state index is 0.514. The van der Waals surface area contributed by atoms with E-state index in [1.807, 2.05) is 0 Å². The number of nitro groups is 1. The van der Waals surface area contributed by atoms with Gasteiger partial charge in [-0.2, -0.15) is 0 Å². The van der Waals surface area contributed by atoms with E-state index in [0.717, 1.165) is 13.1 Å². The van der Waals surface area contributed by atoms with Gasteiger partial charge in [-0.25, -0.2) is 4.79 Å². The highest BCUT2D eigenvalue weighted by molar-refractivity contribution is 5.74. The maximum atomic E-state index is 10.6. The van der Waals surface area contributed by atoms with Crippen molar-refractivity contribution in [2.45, 2.75) is 6.92 Å². The summed E-state index contributed by atoms with van der Waals surface area (Å²) in [6.07, 6.45) is 0.741. The zero-order valence-corrected chi connectivity index (χ0v) is 6.01. The molecular weight excluding hydrogens is 168 g/mol. The van der Waals surface area contributed by atoms with E-state index in [9.17, 15) is 19.7 Å². The van der Waals surface area contributed by atoms with E-state index < -0.39 is 22.1 Å². The Labute approximate surface area is 65.3 Å². The van der Waals surface area contributed by atoms with Crippen molar-refractivity contribution in [3.8, 4) is 0 Å². The van der Waals surface area contributed by atoms with Crippen LogP contribution in [0.1, 0.15) is 11.7 Å². The molecule has 7 nitrogen and oxygen atoms in total. The number of aromatic nitrogens is 1. The van der Waals surface area contributed by atoms with E-state index >= 15 is 0 Å². The fourth-order valence-corrected chi connectivity index (χ4v) is 0.603. The lowest BCUT2D eigenvalue weighted by atomic mass is 10.6. The Hall–Kier alpha value is -1.92. The van der Waals surface area contributed by atoms with Crippen molar-refractivity contribution in [3.63, 3.8) is 0 Å². The van der Waals surface area contributed by atoms with E-state index in [1.165, 1.54) is 0 Å². The molecule has 0 fully saturated rings. The molecule has 0 unspecified atom stereocenters. The number of nitrogens with zero attached hydrogens (tertiary/aromatic N) is 2. The largest absolute Gasteiger partial charge is 0.436 e. The Kier molecular flexibility index (Phi) is 1.78. The predicted octanol–water partition coefficient (Wildman–Crippen LogP) is 0.00960. The molecule has 0 saturated carbocycles. The quantitative estimate of drug-likeness (QED) is 0.439. The molecule has 1 aromatic heterocycles. The first kappa shape index (κ1) is 8.18. The molecule has 0 bridgehead atoms. The maximum Gasteiger partial charge on any atom is 0.436 e. The molecule has 0 aromatic carbocycles. The topological polar surface area (TPSA) is 95.4 Å². The normalized spacial score (nSPS) is 9.75. The minimum atomic E-state index is -1.13. The lowest BCUT2D eigenvalue weighted by Crippen LogP contribution is -2.03. The van der Waals surface area contributed by atoms with Crippen molar-refractivity contribution in [3.05, 3.63) is 26.7 Å². The van der Waals surface area contributed by atoms with Gasteiger partial charge in [0.1, 0.15) is 6.20 Å². The summed E-state index contributed by atoms with van der Waals surface area (Å²) >= 11 is 0. The van der Waals surface area contributed by atoms with Crippen molar-refractivity contribution in [1.82, 2.24) is 4.74 Å². The van der Waals surface area contributed by atoms with Crippen LogP contribution in [-0.4, -0.2) is 15.6 Å². The van der Waals surface area contributed by atoms with E-state index in [4.69, 9.17) is 0 Å². The van der Waals surface area contributed by atoms with Gasteiger partial charge >= 0.3 is 11.3 Å². The maximum absolute atomic E-state index is 10.6. The van der Waals surface area contributed by atoms with Crippen LogP contribution in [0.5, 0.6) is 0 Å². The Morgan fingerprint density at radius 3 is 2.58 bits per heavy atom. The average Bonchev–Trinajstić information content (AvgIpc) is 2.30. The van der Waals surface area contributed by atoms with Gasteiger partial charge in [-0.1, -0.05) is 0 Å². The molecule has 12 heavy (non-hydrogen) atoms. The first-order chi connectivity index (χ1) is 5.52. The van der Waals surface area contributed by atoms with Crippen LogP contribution in [0.4, 0.5) is 5.69 Å². The van der Waals surface area contributed by atoms with Gasteiger partial charge in [-0.05, 0) is 0 Å². The summed E-state index contributed by atoms with van der Waals surface area (Å²) in [5.41, 5.74) is -1.87. The van der Waals surface area contributed by atoms with Crippen LogP contribution in [0.15, 0.2) is 15.5 Å². The molecule has 0 aliphatic rings. The predicted molar refractivity (Wildman–Crippen MR) is 35.9 cm³/mol. The van der Waals surface area contributed by atoms with Crippen molar-refractivity contribution in [2.24, 2.45) is 0 Å². The highest BCUT2D eigenvalue weighted by atomic mass is 16.6. The van der Waals surface area contributed by atoms with Gasteiger partial charge < -0.3 is 4.52 Å². The highest BCUT2D eigenvalue weighted by Gasteiger charge is 2.19. The van der Waals surface area contributed by atoms with Crippen molar-refractivity contribution < 1.29 is 14.2 Å². The third kappa shape index (κ3) is 1.24. The third-order valence-corrected chi connectivity index (χ3v) is 1.14. The van der Waals surface area contributed by atoms with E-state index in [2.05, 4.69) is 4.52 Å². The van der Waals surface area contributed by atoms with Gasteiger partial charge in [0.05, 0.1) is 4.92 Å². The second-order valence-corrected chi connectivity index (χ2v) is 2.00. The second-order valence-electron chi connectivity index (χ2n) is 2.00. The molecule has 0 radical (unpaired) electrons. The Morgan fingerprint density at radius 2 is 2.33 bits per heavy atom. The van der Waals surface area contributed by atoms with E-state index in [0.29, 0.717) is 4.74 Å². The zero-order chi connectivity index (χ0) is 9.30. The molecule has 64 valence electrons.